The Bertz CT molecular complexity index is 2820. The standard InChI is InChI=1S/C41H23N3OS/c1-2-11-25(12-3-1)39-42-40(27-20-21-30-29-14-7-9-17-34(29)46-35(30)23-27)44-41(43-39)32-22-26-19-18-24-10-4-5-13-28(24)36(26)38-37(32)31-15-6-8-16-33(31)45-38/h1-23H. The van der Waals surface area contributed by atoms with Crippen LogP contribution in [0.2, 0.25) is 0 Å². The maximum atomic E-state index is 6.67. The highest BCUT2D eigenvalue weighted by molar-refractivity contribution is 7.25. The Balaban J connectivity index is 1.29. The van der Waals surface area contributed by atoms with Crippen LogP contribution in [0.1, 0.15) is 0 Å². The predicted octanol–water partition coefficient (Wildman–Crippen LogP) is 11.4. The van der Waals surface area contributed by atoms with E-state index in [1.54, 1.807) is 11.3 Å². The van der Waals surface area contributed by atoms with Gasteiger partial charge in [0.1, 0.15) is 11.2 Å². The maximum absolute atomic E-state index is 6.67. The molecule has 46 heavy (non-hydrogen) atoms. The van der Waals surface area contributed by atoms with E-state index in [0.29, 0.717) is 17.5 Å². The average molecular weight is 606 g/mol. The zero-order valence-electron chi connectivity index (χ0n) is 24.4. The third-order valence-corrected chi connectivity index (χ3v) is 10.0. The highest BCUT2D eigenvalue weighted by atomic mass is 32.1. The zero-order valence-corrected chi connectivity index (χ0v) is 25.3. The van der Waals surface area contributed by atoms with Gasteiger partial charge >= 0.3 is 0 Å². The van der Waals surface area contributed by atoms with Gasteiger partial charge in [0.05, 0.1) is 0 Å². The van der Waals surface area contributed by atoms with Crippen LogP contribution in [-0.4, -0.2) is 15.0 Å². The largest absolute Gasteiger partial charge is 0.455 e. The van der Waals surface area contributed by atoms with E-state index in [2.05, 4.69) is 97.1 Å². The van der Waals surface area contributed by atoms with Crippen LogP contribution in [0.25, 0.3) is 97.8 Å². The van der Waals surface area contributed by atoms with Gasteiger partial charge in [-0.1, -0.05) is 115 Å². The third-order valence-electron chi connectivity index (χ3n) is 8.90. The zero-order chi connectivity index (χ0) is 30.2. The summed E-state index contributed by atoms with van der Waals surface area (Å²) in [5.41, 5.74) is 4.51. The number of thiophene rings is 1. The van der Waals surface area contributed by atoms with Gasteiger partial charge in [-0.05, 0) is 40.4 Å². The van der Waals surface area contributed by atoms with E-state index in [9.17, 15) is 0 Å². The van der Waals surface area contributed by atoms with E-state index >= 15 is 0 Å². The Labute approximate surface area is 267 Å². The van der Waals surface area contributed by atoms with Crippen LogP contribution in [0.3, 0.4) is 0 Å². The lowest BCUT2D eigenvalue weighted by Gasteiger charge is -2.11. The molecule has 0 bridgehead atoms. The Morgan fingerprint density at radius 3 is 2.00 bits per heavy atom. The summed E-state index contributed by atoms with van der Waals surface area (Å²) >= 11 is 1.79. The highest BCUT2D eigenvalue weighted by Gasteiger charge is 2.21. The molecule has 0 amide bonds. The minimum absolute atomic E-state index is 0.618. The van der Waals surface area contributed by atoms with Crippen LogP contribution < -0.4 is 0 Å². The number of nitrogens with zero attached hydrogens (tertiary/aromatic N) is 3. The predicted molar refractivity (Wildman–Crippen MR) is 191 cm³/mol. The van der Waals surface area contributed by atoms with Gasteiger partial charge in [0.15, 0.2) is 17.5 Å². The van der Waals surface area contributed by atoms with E-state index in [4.69, 9.17) is 19.4 Å². The number of furan rings is 1. The van der Waals surface area contributed by atoms with Crippen LogP contribution in [0, 0.1) is 0 Å². The first kappa shape index (κ1) is 25.4. The number of aromatic nitrogens is 3. The molecule has 10 aromatic rings. The van der Waals surface area contributed by atoms with Crippen molar-refractivity contribution in [3.05, 3.63) is 140 Å². The summed E-state index contributed by atoms with van der Waals surface area (Å²) in [6.45, 7) is 0. The first-order valence-corrected chi connectivity index (χ1v) is 16.1. The maximum Gasteiger partial charge on any atom is 0.164 e. The molecule has 0 spiro atoms. The molecule has 0 saturated carbocycles. The van der Waals surface area contributed by atoms with Crippen molar-refractivity contribution in [2.24, 2.45) is 0 Å². The van der Waals surface area contributed by atoms with Gasteiger partial charge in [-0.15, -0.1) is 11.3 Å². The first-order chi connectivity index (χ1) is 22.8. The van der Waals surface area contributed by atoms with Crippen LogP contribution >= 0.6 is 11.3 Å². The van der Waals surface area contributed by atoms with E-state index in [-0.39, 0.29) is 0 Å². The molecule has 0 aliphatic carbocycles. The molecule has 0 unspecified atom stereocenters. The van der Waals surface area contributed by atoms with Gasteiger partial charge in [-0.25, -0.2) is 15.0 Å². The summed E-state index contributed by atoms with van der Waals surface area (Å²) in [6, 6.07) is 48.5. The molecule has 0 fully saturated rings. The number of hydrogen-bond donors (Lipinski definition) is 0. The van der Waals surface area contributed by atoms with Crippen molar-refractivity contribution in [1.29, 1.82) is 0 Å². The SMILES string of the molecule is c1ccc(-c2nc(-c3ccc4c(c3)sc3ccccc34)nc(-c3cc4ccc5ccccc5c4c4oc5ccccc5c34)n2)cc1. The normalized spacial score (nSPS) is 11.9. The van der Waals surface area contributed by atoms with Crippen molar-refractivity contribution in [2.45, 2.75) is 0 Å². The van der Waals surface area contributed by atoms with Crippen molar-refractivity contribution >= 4 is 75.0 Å². The van der Waals surface area contributed by atoms with Gasteiger partial charge < -0.3 is 4.42 Å². The number of hydrogen-bond acceptors (Lipinski definition) is 5. The van der Waals surface area contributed by atoms with E-state index in [1.165, 1.54) is 25.6 Å². The average Bonchev–Trinajstić information content (AvgIpc) is 3.70. The molecule has 5 heteroatoms. The Morgan fingerprint density at radius 2 is 1.11 bits per heavy atom. The first-order valence-electron chi connectivity index (χ1n) is 15.3. The van der Waals surface area contributed by atoms with Crippen LogP contribution in [0.5, 0.6) is 0 Å². The summed E-state index contributed by atoms with van der Waals surface area (Å²) in [6.07, 6.45) is 0. The quantitative estimate of drug-likeness (QED) is 0.188. The molecule has 3 heterocycles. The van der Waals surface area contributed by atoms with Gasteiger partial charge in [0.2, 0.25) is 0 Å². The van der Waals surface area contributed by atoms with Crippen molar-refractivity contribution in [3.8, 4) is 34.2 Å². The van der Waals surface area contributed by atoms with Crippen molar-refractivity contribution in [3.63, 3.8) is 0 Å². The summed E-state index contributed by atoms with van der Waals surface area (Å²) in [7, 11) is 0. The summed E-state index contributed by atoms with van der Waals surface area (Å²) in [5.74, 6) is 1.89. The van der Waals surface area contributed by atoms with Crippen molar-refractivity contribution in [2.75, 3.05) is 0 Å². The Hall–Kier alpha value is -5.91. The van der Waals surface area contributed by atoms with Crippen LogP contribution in [0.4, 0.5) is 0 Å². The van der Waals surface area contributed by atoms with E-state index in [1.807, 2.05) is 42.5 Å². The van der Waals surface area contributed by atoms with Gasteiger partial charge in [-0.3, -0.25) is 0 Å². The molecular weight excluding hydrogens is 583 g/mol. The van der Waals surface area contributed by atoms with Gasteiger partial charge in [0.25, 0.3) is 0 Å². The fourth-order valence-electron chi connectivity index (χ4n) is 6.76. The molecule has 214 valence electrons. The van der Waals surface area contributed by atoms with Crippen LogP contribution in [0.15, 0.2) is 144 Å². The number of rotatable bonds is 3. The monoisotopic (exact) mass is 605 g/mol. The van der Waals surface area contributed by atoms with Gasteiger partial charge in [-0.2, -0.15) is 0 Å². The summed E-state index contributed by atoms with van der Waals surface area (Å²) in [5, 5.41) is 9.08. The molecule has 0 saturated heterocycles. The lowest BCUT2D eigenvalue weighted by Crippen LogP contribution is -2.00. The molecule has 0 aliphatic rings. The molecule has 3 aromatic heterocycles. The molecule has 0 N–H and O–H groups in total. The third kappa shape index (κ3) is 3.82. The fraction of sp³-hybridized carbons (Fsp3) is 0. The molecule has 0 aliphatic heterocycles. The molecule has 4 nitrogen and oxygen atoms in total. The van der Waals surface area contributed by atoms with Crippen LogP contribution in [-0.2, 0) is 0 Å². The lowest BCUT2D eigenvalue weighted by atomic mass is 9.95. The second kappa shape index (κ2) is 9.80. The van der Waals surface area contributed by atoms with E-state index in [0.717, 1.165) is 54.8 Å². The molecule has 7 aromatic carbocycles. The summed E-state index contributed by atoms with van der Waals surface area (Å²) in [4.78, 5) is 15.4. The molecule has 10 rings (SSSR count). The number of fused-ring (bicyclic) bond motifs is 10. The van der Waals surface area contributed by atoms with Crippen molar-refractivity contribution < 1.29 is 4.42 Å². The molecule has 0 atom stereocenters. The minimum Gasteiger partial charge on any atom is -0.455 e. The fourth-order valence-corrected chi connectivity index (χ4v) is 7.91. The highest BCUT2D eigenvalue weighted by Crippen LogP contribution is 2.43. The van der Waals surface area contributed by atoms with Gasteiger partial charge in [0, 0.05) is 53.0 Å². The summed E-state index contributed by atoms with van der Waals surface area (Å²) < 4.78 is 9.16. The lowest BCUT2D eigenvalue weighted by molar-refractivity contribution is 0.673. The Morgan fingerprint density at radius 1 is 0.435 bits per heavy atom. The smallest absolute Gasteiger partial charge is 0.164 e. The second-order valence-corrected chi connectivity index (χ2v) is 12.7. The minimum atomic E-state index is 0.618. The molecule has 0 radical (unpaired) electrons. The second-order valence-electron chi connectivity index (χ2n) is 11.6. The topological polar surface area (TPSA) is 51.8 Å². The van der Waals surface area contributed by atoms with Crippen molar-refractivity contribution in [1.82, 2.24) is 15.0 Å². The number of para-hydroxylation sites is 1. The number of benzene rings is 7. The molecular formula is C41H23N3OS. The van der Waals surface area contributed by atoms with E-state index < -0.39 is 0 Å². The Kier molecular flexibility index (Phi) is 5.41.